The number of rotatable bonds is 13. The van der Waals surface area contributed by atoms with E-state index in [-0.39, 0.29) is 36.0 Å². The maximum atomic E-state index is 14.3. The highest BCUT2D eigenvalue weighted by atomic mass is 16.4. The number of carbonyl (C=O) groups excluding carboxylic acids is 3. The highest BCUT2D eigenvalue weighted by Crippen LogP contribution is 2.29. The molecule has 2 heterocycles. The van der Waals surface area contributed by atoms with Crippen LogP contribution in [0.25, 0.3) is 5.69 Å². The number of hydrogen-bond acceptors (Lipinski definition) is 6. The number of aromatic nitrogens is 2. The summed E-state index contributed by atoms with van der Waals surface area (Å²) in [5.41, 5.74) is 3.77. The van der Waals surface area contributed by atoms with Crippen molar-refractivity contribution in [1.82, 2.24) is 19.6 Å². The van der Waals surface area contributed by atoms with Gasteiger partial charge in [-0.1, -0.05) is 51.0 Å². The average Bonchev–Trinajstić information content (AvgIpc) is 3.40. The first kappa shape index (κ1) is 32.4. The summed E-state index contributed by atoms with van der Waals surface area (Å²) < 4.78 is 1.55. The number of anilines is 1. The third-order valence-electron chi connectivity index (χ3n) is 7.83. The lowest BCUT2D eigenvalue weighted by atomic mass is 9.93. The van der Waals surface area contributed by atoms with Crippen LogP contribution in [0.1, 0.15) is 83.6 Å². The molecule has 3 amide bonds. The molecule has 0 bridgehead atoms. The molecule has 1 aliphatic rings. The molecule has 4 rings (SSSR count). The number of aliphatic carboxylic acids is 1. The number of unbranched alkanes of at least 4 members (excludes halogenated alkanes) is 2. The Labute approximate surface area is 257 Å². The molecule has 0 radical (unpaired) electrons. The molecule has 234 valence electrons. The van der Waals surface area contributed by atoms with Crippen molar-refractivity contribution in [1.29, 1.82) is 0 Å². The van der Waals surface area contributed by atoms with E-state index < -0.39 is 30.2 Å². The van der Waals surface area contributed by atoms with Crippen molar-refractivity contribution < 1.29 is 29.4 Å². The zero-order valence-electron chi connectivity index (χ0n) is 25.6. The molecule has 0 unspecified atom stereocenters. The van der Waals surface area contributed by atoms with Crippen molar-refractivity contribution in [3.63, 3.8) is 0 Å². The summed E-state index contributed by atoms with van der Waals surface area (Å²) in [4.78, 5) is 54.6. The maximum Gasteiger partial charge on any atom is 0.312 e. The molecule has 44 heavy (non-hydrogen) atoms. The number of aryl methyl sites for hydroxylation is 1. The molecule has 0 saturated heterocycles. The summed E-state index contributed by atoms with van der Waals surface area (Å²) in [6, 6.07) is 13.7. The second-order valence-electron chi connectivity index (χ2n) is 11.2. The van der Waals surface area contributed by atoms with Crippen molar-refractivity contribution in [2.24, 2.45) is 0 Å². The molecule has 11 heteroatoms. The monoisotopic (exact) mass is 603 g/mol. The van der Waals surface area contributed by atoms with E-state index in [1.807, 2.05) is 29.2 Å². The summed E-state index contributed by atoms with van der Waals surface area (Å²) in [6.45, 7) is 7.27. The van der Waals surface area contributed by atoms with Crippen molar-refractivity contribution >= 4 is 29.4 Å². The number of nitrogens with one attached hydrogen (secondary N) is 1. The van der Waals surface area contributed by atoms with Gasteiger partial charge in [0, 0.05) is 31.0 Å². The molecule has 3 N–H and O–H groups in total. The lowest BCUT2D eigenvalue weighted by molar-refractivity contribution is -0.139. The first-order valence-electron chi connectivity index (χ1n) is 15.2. The lowest BCUT2D eigenvalue weighted by Gasteiger charge is -2.36. The molecular weight excluding hydrogens is 562 g/mol. The Morgan fingerprint density at radius 1 is 1.00 bits per heavy atom. The third kappa shape index (κ3) is 7.52. The van der Waals surface area contributed by atoms with Crippen LogP contribution in [-0.4, -0.2) is 79.2 Å². The number of carboxylic acids is 1. The topological polar surface area (TPSA) is 145 Å². The van der Waals surface area contributed by atoms with E-state index in [2.05, 4.69) is 24.3 Å². The Morgan fingerprint density at radius 3 is 2.32 bits per heavy atom. The van der Waals surface area contributed by atoms with Crippen LogP contribution >= 0.6 is 0 Å². The van der Waals surface area contributed by atoms with Gasteiger partial charge in [-0.3, -0.25) is 19.2 Å². The van der Waals surface area contributed by atoms with E-state index in [0.29, 0.717) is 30.9 Å². The first-order valence-corrected chi connectivity index (χ1v) is 15.2. The molecule has 0 fully saturated rings. The molecule has 0 saturated carbocycles. The van der Waals surface area contributed by atoms with Crippen LogP contribution in [0.2, 0.25) is 0 Å². The van der Waals surface area contributed by atoms with Gasteiger partial charge in [0.25, 0.3) is 11.8 Å². The minimum absolute atomic E-state index is 0.174. The zero-order chi connectivity index (χ0) is 31.8. The molecule has 0 spiro atoms. The van der Waals surface area contributed by atoms with Gasteiger partial charge in [0.05, 0.1) is 23.9 Å². The Morgan fingerprint density at radius 2 is 1.68 bits per heavy atom. The van der Waals surface area contributed by atoms with Gasteiger partial charge < -0.3 is 25.3 Å². The number of aliphatic hydroxyl groups is 1. The number of nitrogens with zero attached hydrogens (tertiary/aromatic N) is 4. The smallest absolute Gasteiger partial charge is 0.312 e. The van der Waals surface area contributed by atoms with E-state index >= 15 is 0 Å². The molecule has 0 aliphatic carbocycles. The van der Waals surface area contributed by atoms with Gasteiger partial charge in [-0.05, 0) is 61.6 Å². The minimum atomic E-state index is -1.27. The van der Waals surface area contributed by atoms with Crippen molar-refractivity contribution in [3.05, 3.63) is 76.6 Å². The van der Waals surface area contributed by atoms with Crippen LogP contribution < -0.4 is 5.32 Å². The van der Waals surface area contributed by atoms with Crippen molar-refractivity contribution in [2.45, 2.75) is 71.9 Å². The van der Waals surface area contributed by atoms with E-state index in [1.165, 1.54) is 6.07 Å². The Bertz CT molecular complexity index is 1510. The second-order valence-corrected chi connectivity index (χ2v) is 11.2. The summed E-state index contributed by atoms with van der Waals surface area (Å²) in [7, 11) is 0. The molecule has 1 atom stereocenters. The van der Waals surface area contributed by atoms with Gasteiger partial charge in [0.2, 0.25) is 5.91 Å². The van der Waals surface area contributed by atoms with Crippen LogP contribution in [-0.2, 0) is 22.6 Å². The second kappa shape index (κ2) is 14.8. The highest BCUT2D eigenvalue weighted by molar-refractivity contribution is 6.03. The number of fused-ring (bicyclic) bond motifs is 1. The predicted molar refractivity (Wildman–Crippen MR) is 166 cm³/mol. The molecule has 1 aromatic heterocycles. The summed E-state index contributed by atoms with van der Waals surface area (Å²) >= 11 is 0. The van der Waals surface area contributed by atoms with E-state index in [4.69, 9.17) is 5.11 Å². The quantitative estimate of drug-likeness (QED) is 0.248. The summed E-state index contributed by atoms with van der Waals surface area (Å²) in [5, 5.41) is 26.5. The molecule has 2 aromatic carbocycles. The number of carbonyl (C=O) groups is 4. The molecule has 3 aromatic rings. The number of hydrogen-bond donors (Lipinski definition) is 3. The van der Waals surface area contributed by atoms with Crippen LogP contribution in [0.4, 0.5) is 5.69 Å². The van der Waals surface area contributed by atoms with E-state index in [9.17, 15) is 24.3 Å². The summed E-state index contributed by atoms with van der Waals surface area (Å²) in [5.74, 6) is -2.57. The number of carboxylic acid groups (broad SMARTS) is 1. The molecule has 1 aliphatic heterocycles. The Balaban J connectivity index is 1.75. The Kier molecular flexibility index (Phi) is 10.9. The molecular formula is C33H41N5O6. The lowest BCUT2D eigenvalue weighted by Crippen LogP contribution is -2.46. The zero-order valence-corrected chi connectivity index (χ0v) is 25.6. The summed E-state index contributed by atoms with van der Waals surface area (Å²) in [6.07, 6.45) is 3.44. The van der Waals surface area contributed by atoms with Crippen molar-refractivity contribution in [2.75, 3.05) is 25.0 Å². The van der Waals surface area contributed by atoms with E-state index in [0.717, 1.165) is 36.8 Å². The fourth-order valence-corrected chi connectivity index (χ4v) is 5.45. The van der Waals surface area contributed by atoms with Crippen LogP contribution in [0.3, 0.4) is 0 Å². The largest absolute Gasteiger partial charge is 0.481 e. The maximum absolute atomic E-state index is 14.3. The predicted octanol–water partition coefficient (Wildman–Crippen LogP) is 4.20. The highest BCUT2D eigenvalue weighted by Gasteiger charge is 2.32. The van der Waals surface area contributed by atoms with Gasteiger partial charge in [0.1, 0.15) is 6.42 Å². The van der Waals surface area contributed by atoms with Gasteiger partial charge in [-0.25, -0.2) is 4.68 Å². The van der Waals surface area contributed by atoms with Crippen molar-refractivity contribution in [3.8, 4) is 5.69 Å². The number of amides is 3. The fraction of sp³-hybridized carbons (Fsp3) is 0.424. The van der Waals surface area contributed by atoms with Gasteiger partial charge in [-0.15, -0.1) is 0 Å². The van der Waals surface area contributed by atoms with Crippen LogP contribution in [0, 0.1) is 6.92 Å². The van der Waals surface area contributed by atoms with Gasteiger partial charge in [-0.2, -0.15) is 5.10 Å². The fourth-order valence-electron chi connectivity index (χ4n) is 5.45. The number of aliphatic hydroxyl groups excluding tert-OH is 1. The average molecular weight is 604 g/mol. The SMILES string of the molecule is CCCCN(CCCC)C(=O)c1cc(C)n(-c2ccc(NC(=O)CC(=O)O)cc2C(=O)N2Cc3ccccc3C[C@H]2CO)n1. The standard InChI is InChI=1S/C33H41N5O6/c1-4-6-14-36(15-7-5-2)33(44)28-16-22(3)38(35-28)29-13-12-25(34-30(40)19-31(41)42)18-27(29)32(43)37-20-24-11-9-8-10-23(24)17-26(37)21-39/h8-13,16,18,26,39H,4-7,14-15,17,19-21H2,1-3H3,(H,34,40)(H,41,42)/t26-/m0/s1. The Hall–Kier alpha value is -4.51. The van der Waals surface area contributed by atoms with Crippen LogP contribution in [0.5, 0.6) is 0 Å². The van der Waals surface area contributed by atoms with Gasteiger partial charge >= 0.3 is 5.97 Å². The number of benzene rings is 2. The normalized spacial score (nSPS) is 14.2. The first-order chi connectivity index (χ1) is 21.2. The van der Waals surface area contributed by atoms with Crippen LogP contribution in [0.15, 0.2) is 48.5 Å². The molecule has 11 nitrogen and oxygen atoms in total. The minimum Gasteiger partial charge on any atom is -0.481 e. The van der Waals surface area contributed by atoms with E-state index in [1.54, 1.807) is 34.7 Å². The third-order valence-corrected chi connectivity index (χ3v) is 7.83. The van der Waals surface area contributed by atoms with Gasteiger partial charge in [0.15, 0.2) is 5.69 Å².